The van der Waals surface area contributed by atoms with Crippen molar-refractivity contribution in [2.75, 3.05) is 13.1 Å². The van der Waals surface area contributed by atoms with Gasteiger partial charge in [-0.3, -0.25) is 4.79 Å². The third kappa shape index (κ3) is 3.44. The fourth-order valence-electron chi connectivity index (χ4n) is 3.30. The number of amides is 1. The van der Waals surface area contributed by atoms with Crippen molar-refractivity contribution in [1.82, 2.24) is 10.2 Å². The fraction of sp³-hybridized carbons (Fsp3) is 0.929. The molecule has 3 heteroatoms. The summed E-state index contributed by atoms with van der Waals surface area (Å²) in [4.78, 5) is 14.3. The Labute approximate surface area is 105 Å². The van der Waals surface area contributed by atoms with E-state index in [2.05, 4.69) is 17.1 Å². The number of carbonyl (C=O) groups is 1. The molecule has 98 valence electrons. The van der Waals surface area contributed by atoms with Gasteiger partial charge in [0.15, 0.2) is 0 Å². The molecule has 0 aromatic rings. The van der Waals surface area contributed by atoms with Gasteiger partial charge in [-0.25, -0.2) is 0 Å². The number of nitrogens with one attached hydrogen (secondary N) is 1. The molecular weight excluding hydrogens is 212 g/mol. The molecule has 2 aliphatic rings. The highest BCUT2D eigenvalue weighted by Crippen LogP contribution is 2.24. The largest absolute Gasteiger partial charge is 0.340 e. The minimum atomic E-state index is 0.382. The van der Waals surface area contributed by atoms with E-state index in [1.165, 1.54) is 38.5 Å². The third-order valence-electron chi connectivity index (χ3n) is 4.30. The van der Waals surface area contributed by atoms with Gasteiger partial charge < -0.3 is 10.2 Å². The summed E-state index contributed by atoms with van der Waals surface area (Å²) in [6.07, 6.45) is 9.35. The van der Waals surface area contributed by atoms with Crippen LogP contribution in [0.1, 0.15) is 58.3 Å². The number of hydrogen-bond acceptors (Lipinski definition) is 2. The predicted molar refractivity (Wildman–Crippen MR) is 69.9 cm³/mol. The maximum atomic E-state index is 12.2. The Kier molecular flexibility index (Phi) is 4.84. The highest BCUT2D eigenvalue weighted by atomic mass is 16.2. The second-order valence-corrected chi connectivity index (χ2v) is 5.45. The lowest BCUT2D eigenvalue weighted by atomic mass is 10.1. The Hall–Kier alpha value is -0.570. The number of nitrogens with zero attached hydrogens (tertiary/aromatic N) is 1. The highest BCUT2D eigenvalue weighted by molar-refractivity contribution is 5.76. The Bertz CT molecular complexity index is 243. The zero-order valence-electron chi connectivity index (χ0n) is 11.1. The van der Waals surface area contributed by atoms with Crippen molar-refractivity contribution in [3.63, 3.8) is 0 Å². The maximum absolute atomic E-state index is 12.2. The van der Waals surface area contributed by atoms with Crippen LogP contribution in [0.3, 0.4) is 0 Å². The van der Waals surface area contributed by atoms with Crippen LogP contribution in [0, 0.1) is 0 Å². The van der Waals surface area contributed by atoms with Gasteiger partial charge in [-0.05, 0) is 45.6 Å². The van der Waals surface area contributed by atoms with Crippen LogP contribution in [-0.2, 0) is 4.79 Å². The highest BCUT2D eigenvalue weighted by Gasteiger charge is 2.25. The molecule has 17 heavy (non-hydrogen) atoms. The molecule has 0 aromatic carbocycles. The van der Waals surface area contributed by atoms with E-state index in [-0.39, 0.29) is 0 Å². The van der Waals surface area contributed by atoms with Crippen molar-refractivity contribution < 1.29 is 4.79 Å². The Balaban J connectivity index is 1.75. The van der Waals surface area contributed by atoms with Gasteiger partial charge in [-0.2, -0.15) is 0 Å². The molecule has 2 fully saturated rings. The first-order chi connectivity index (χ1) is 8.31. The normalized spacial score (nSPS) is 25.4. The van der Waals surface area contributed by atoms with E-state index in [4.69, 9.17) is 0 Å². The molecule has 1 N–H and O–H groups in total. The van der Waals surface area contributed by atoms with Gasteiger partial charge in [0.1, 0.15) is 0 Å². The number of carbonyl (C=O) groups excluding carboxylic acids is 1. The minimum absolute atomic E-state index is 0.382. The van der Waals surface area contributed by atoms with E-state index in [0.717, 1.165) is 25.9 Å². The third-order valence-corrected chi connectivity index (χ3v) is 4.30. The monoisotopic (exact) mass is 238 g/mol. The van der Waals surface area contributed by atoms with Crippen LogP contribution < -0.4 is 5.32 Å². The molecule has 0 radical (unpaired) electrons. The minimum Gasteiger partial charge on any atom is -0.340 e. The predicted octanol–water partition coefficient (Wildman–Crippen LogP) is 2.31. The van der Waals surface area contributed by atoms with Crippen molar-refractivity contribution in [2.45, 2.75) is 70.4 Å². The Morgan fingerprint density at radius 1 is 1.24 bits per heavy atom. The first-order valence-electron chi connectivity index (χ1n) is 7.34. The second-order valence-electron chi connectivity index (χ2n) is 5.45. The number of hydrogen-bond donors (Lipinski definition) is 1. The fourth-order valence-corrected chi connectivity index (χ4v) is 3.30. The molecule has 0 bridgehead atoms. The van der Waals surface area contributed by atoms with E-state index in [1.807, 2.05) is 0 Å². The molecule has 1 aliphatic heterocycles. The molecule has 1 saturated carbocycles. The van der Waals surface area contributed by atoms with Crippen LogP contribution in [-0.4, -0.2) is 36.0 Å². The SMILES string of the molecule is CCN(C(=O)CCC1CCCN1)C1CCCC1. The summed E-state index contributed by atoms with van der Waals surface area (Å²) in [5.41, 5.74) is 0. The first kappa shape index (κ1) is 12.9. The van der Waals surface area contributed by atoms with Crippen LogP contribution in [0.5, 0.6) is 0 Å². The number of rotatable bonds is 5. The first-order valence-corrected chi connectivity index (χ1v) is 7.34. The second kappa shape index (κ2) is 6.39. The molecule has 2 rings (SSSR count). The van der Waals surface area contributed by atoms with Crippen LogP contribution in [0.2, 0.25) is 0 Å². The van der Waals surface area contributed by atoms with Crippen molar-refractivity contribution in [1.29, 1.82) is 0 Å². The Morgan fingerprint density at radius 3 is 2.59 bits per heavy atom. The average molecular weight is 238 g/mol. The van der Waals surface area contributed by atoms with Crippen LogP contribution in [0.15, 0.2) is 0 Å². The summed E-state index contributed by atoms with van der Waals surface area (Å²) in [6.45, 7) is 4.14. The summed E-state index contributed by atoms with van der Waals surface area (Å²) in [5.74, 6) is 0.382. The lowest BCUT2D eigenvalue weighted by molar-refractivity contribution is -0.133. The van der Waals surface area contributed by atoms with Crippen molar-refractivity contribution in [2.24, 2.45) is 0 Å². The molecule has 1 saturated heterocycles. The molecule has 1 atom stereocenters. The summed E-state index contributed by atoms with van der Waals surface area (Å²) in [6, 6.07) is 1.14. The standard InChI is InChI=1S/C14H26N2O/c1-2-16(13-7-3-4-8-13)14(17)10-9-12-6-5-11-15-12/h12-13,15H,2-11H2,1H3. The van der Waals surface area contributed by atoms with Gasteiger partial charge in [-0.1, -0.05) is 12.8 Å². The zero-order chi connectivity index (χ0) is 12.1. The van der Waals surface area contributed by atoms with Crippen LogP contribution in [0.25, 0.3) is 0 Å². The van der Waals surface area contributed by atoms with Crippen molar-refractivity contribution >= 4 is 5.91 Å². The molecule has 1 heterocycles. The van der Waals surface area contributed by atoms with E-state index < -0.39 is 0 Å². The molecule has 1 amide bonds. The van der Waals surface area contributed by atoms with Crippen LogP contribution >= 0.6 is 0 Å². The molecular formula is C14H26N2O. The molecule has 0 aromatic heterocycles. The lowest BCUT2D eigenvalue weighted by Crippen LogP contribution is -2.39. The average Bonchev–Trinajstić information content (AvgIpc) is 3.00. The molecule has 1 unspecified atom stereocenters. The molecule has 1 aliphatic carbocycles. The zero-order valence-corrected chi connectivity index (χ0v) is 11.1. The topological polar surface area (TPSA) is 32.3 Å². The maximum Gasteiger partial charge on any atom is 0.222 e. The smallest absolute Gasteiger partial charge is 0.222 e. The lowest BCUT2D eigenvalue weighted by Gasteiger charge is -2.28. The quantitative estimate of drug-likeness (QED) is 0.797. The van der Waals surface area contributed by atoms with Crippen molar-refractivity contribution in [3.05, 3.63) is 0 Å². The van der Waals surface area contributed by atoms with Gasteiger partial charge in [-0.15, -0.1) is 0 Å². The van der Waals surface area contributed by atoms with Gasteiger partial charge >= 0.3 is 0 Å². The van der Waals surface area contributed by atoms with E-state index >= 15 is 0 Å². The summed E-state index contributed by atoms with van der Waals surface area (Å²) in [5, 5.41) is 3.47. The van der Waals surface area contributed by atoms with E-state index in [9.17, 15) is 4.79 Å². The summed E-state index contributed by atoms with van der Waals surface area (Å²) >= 11 is 0. The molecule has 3 nitrogen and oxygen atoms in total. The molecule has 0 spiro atoms. The van der Waals surface area contributed by atoms with Crippen molar-refractivity contribution in [3.8, 4) is 0 Å². The summed E-state index contributed by atoms with van der Waals surface area (Å²) < 4.78 is 0. The van der Waals surface area contributed by atoms with Gasteiger partial charge in [0.05, 0.1) is 0 Å². The summed E-state index contributed by atoms with van der Waals surface area (Å²) in [7, 11) is 0. The van der Waals surface area contributed by atoms with Gasteiger partial charge in [0, 0.05) is 25.0 Å². The van der Waals surface area contributed by atoms with Crippen LogP contribution in [0.4, 0.5) is 0 Å². The Morgan fingerprint density at radius 2 is 2.00 bits per heavy atom. The van der Waals surface area contributed by atoms with Gasteiger partial charge in [0.25, 0.3) is 0 Å². The van der Waals surface area contributed by atoms with Gasteiger partial charge in [0.2, 0.25) is 5.91 Å². The van der Waals surface area contributed by atoms with E-state index in [1.54, 1.807) is 0 Å². The van der Waals surface area contributed by atoms with E-state index in [0.29, 0.717) is 18.0 Å².